The van der Waals surface area contributed by atoms with Gasteiger partial charge in [-0.1, -0.05) is 51.0 Å². The van der Waals surface area contributed by atoms with Crippen molar-refractivity contribution in [1.29, 1.82) is 0 Å². The average molecular weight is 252 g/mol. The second-order valence-corrected chi connectivity index (χ2v) is 4.33. The van der Waals surface area contributed by atoms with Crippen molar-refractivity contribution < 1.29 is 4.74 Å². The van der Waals surface area contributed by atoms with Crippen LogP contribution in [0.2, 0.25) is 0 Å². The quantitative estimate of drug-likeness (QED) is 0.272. The molecule has 3 N–H and O–H groups in total. The molecule has 1 unspecified atom stereocenters. The van der Waals surface area contributed by atoms with Crippen molar-refractivity contribution in [3.63, 3.8) is 0 Å². The lowest BCUT2D eigenvalue weighted by molar-refractivity contribution is 0.299. The molecule has 0 aromatic carbocycles. The van der Waals surface area contributed by atoms with Gasteiger partial charge in [0, 0.05) is 12.1 Å². The van der Waals surface area contributed by atoms with Gasteiger partial charge in [-0.3, -0.25) is 5.32 Å². The molecule has 0 aromatic rings. The van der Waals surface area contributed by atoms with Crippen LogP contribution in [-0.4, -0.2) is 19.8 Å². The zero-order chi connectivity index (χ0) is 13.8. The highest BCUT2D eigenvalue weighted by molar-refractivity contribution is 5.28. The van der Waals surface area contributed by atoms with Crippen molar-refractivity contribution in [3.05, 3.63) is 36.1 Å². The van der Waals surface area contributed by atoms with Crippen molar-refractivity contribution in [3.8, 4) is 0 Å². The summed E-state index contributed by atoms with van der Waals surface area (Å²) < 4.78 is 5.16. The van der Waals surface area contributed by atoms with Gasteiger partial charge in [0.25, 0.3) is 0 Å². The van der Waals surface area contributed by atoms with Crippen LogP contribution < -0.4 is 11.1 Å². The predicted molar refractivity (Wildman–Crippen MR) is 79.2 cm³/mol. The van der Waals surface area contributed by atoms with Crippen LogP contribution in [0.25, 0.3) is 0 Å². The van der Waals surface area contributed by atoms with Gasteiger partial charge >= 0.3 is 0 Å². The van der Waals surface area contributed by atoms with Gasteiger partial charge in [-0.25, -0.2) is 0 Å². The van der Waals surface area contributed by atoms with Crippen LogP contribution >= 0.6 is 0 Å². The molecule has 0 amide bonds. The molecule has 0 aromatic heterocycles. The zero-order valence-corrected chi connectivity index (χ0v) is 12.0. The average Bonchev–Trinajstić information content (AvgIpc) is 2.38. The maximum Gasteiger partial charge on any atom is 0.116 e. The number of hydrogen-bond acceptors (Lipinski definition) is 3. The molecule has 0 bridgehead atoms. The Balaban J connectivity index is 4.14. The van der Waals surface area contributed by atoms with Crippen molar-refractivity contribution in [2.75, 3.05) is 13.7 Å². The molecule has 0 fully saturated rings. The van der Waals surface area contributed by atoms with Crippen molar-refractivity contribution in [2.45, 2.75) is 45.7 Å². The molecule has 0 saturated carbocycles. The topological polar surface area (TPSA) is 47.3 Å². The van der Waals surface area contributed by atoms with Gasteiger partial charge < -0.3 is 10.5 Å². The van der Waals surface area contributed by atoms with Gasteiger partial charge in [0.1, 0.15) is 5.76 Å². The SMILES string of the molecule is C=C(OC)/C(=C\C=C/C)CNC(N)CCCCC. The van der Waals surface area contributed by atoms with Crippen LogP contribution in [0.4, 0.5) is 0 Å². The fourth-order valence-corrected chi connectivity index (χ4v) is 1.55. The molecule has 0 aliphatic heterocycles. The molecule has 0 aliphatic rings. The lowest BCUT2D eigenvalue weighted by Gasteiger charge is -2.16. The summed E-state index contributed by atoms with van der Waals surface area (Å²) in [5, 5.41) is 3.30. The van der Waals surface area contributed by atoms with E-state index in [0.29, 0.717) is 12.3 Å². The predicted octanol–water partition coefficient (Wildman–Crippen LogP) is 3.10. The second kappa shape index (κ2) is 11.1. The molecule has 3 heteroatoms. The minimum absolute atomic E-state index is 0.0372. The number of nitrogens with two attached hydrogens (primary N) is 1. The third-order valence-corrected chi connectivity index (χ3v) is 2.77. The molecular formula is C15H28N2O. The van der Waals surface area contributed by atoms with E-state index >= 15 is 0 Å². The highest BCUT2D eigenvalue weighted by Crippen LogP contribution is 2.08. The van der Waals surface area contributed by atoms with Gasteiger partial charge in [-0.15, -0.1) is 0 Å². The number of unbranched alkanes of at least 4 members (excludes halogenated alkanes) is 2. The Morgan fingerprint density at radius 3 is 2.72 bits per heavy atom. The van der Waals surface area contributed by atoms with Crippen molar-refractivity contribution >= 4 is 0 Å². The largest absolute Gasteiger partial charge is 0.497 e. The third kappa shape index (κ3) is 8.09. The Hall–Kier alpha value is -1.06. The Morgan fingerprint density at radius 1 is 1.44 bits per heavy atom. The Labute approximate surface area is 112 Å². The molecule has 3 nitrogen and oxygen atoms in total. The van der Waals surface area contributed by atoms with Crippen LogP contribution in [0.3, 0.4) is 0 Å². The molecule has 0 saturated heterocycles. The monoisotopic (exact) mass is 252 g/mol. The molecule has 0 heterocycles. The second-order valence-electron chi connectivity index (χ2n) is 4.33. The van der Waals surface area contributed by atoms with E-state index in [1.54, 1.807) is 7.11 Å². The van der Waals surface area contributed by atoms with Crippen molar-refractivity contribution in [1.82, 2.24) is 5.32 Å². The standard InChI is InChI=1S/C15H28N2O/c1-5-7-9-11-15(16)17-12-14(10-8-6-2)13(3)18-4/h6,8,10,15,17H,3,5,7,9,11-12,16H2,1-2,4H3/b8-6-,14-10-. The fourth-order valence-electron chi connectivity index (χ4n) is 1.55. The number of rotatable bonds is 10. The number of allylic oxidation sites excluding steroid dienone is 3. The van der Waals surface area contributed by atoms with Gasteiger partial charge in [0.15, 0.2) is 0 Å². The highest BCUT2D eigenvalue weighted by atomic mass is 16.5. The van der Waals surface area contributed by atoms with E-state index in [1.807, 2.05) is 25.2 Å². The normalized spacial score (nSPS) is 13.9. The van der Waals surface area contributed by atoms with Crippen molar-refractivity contribution in [2.24, 2.45) is 5.73 Å². The fraction of sp³-hybridized carbons (Fsp3) is 0.600. The highest BCUT2D eigenvalue weighted by Gasteiger charge is 2.05. The molecule has 0 rings (SSSR count). The summed E-state index contributed by atoms with van der Waals surface area (Å²) in [4.78, 5) is 0. The summed E-state index contributed by atoms with van der Waals surface area (Å²) in [7, 11) is 1.63. The zero-order valence-electron chi connectivity index (χ0n) is 12.0. The Morgan fingerprint density at radius 2 is 2.17 bits per heavy atom. The Bertz CT molecular complexity index is 282. The number of nitrogens with one attached hydrogen (secondary N) is 1. The number of ether oxygens (including phenoxy) is 1. The van der Waals surface area contributed by atoms with Gasteiger partial charge in [0.05, 0.1) is 13.3 Å². The lowest BCUT2D eigenvalue weighted by Crippen LogP contribution is -2.38. The first-order valence-electron chi connectivity index (χ1n) is 6.69. The van der Waals surface area contributed by atoms with Crippen LogP contribution in [0.15, 0.2) is 36.1 Å². The summed E-state index contributed by atoms with van der Waals surface area (Å²) in [5.41, 5.74) is 7.04. The molecule has 0 spiro atoms. The smallest absolute Gasteiger partial charge is 0.116 e. The summed E-state index contributed by atoms with van der Waals surface area (Å²) in [6, 6.07) is 0. The first kappa shape index (κ1) is 16.9. The summed E-state index contributed by atoms with van der Waals surface area (Å²) >= 11 is 0. The van der Waals surface area contributed by atoms with Crippen LogP contribution in [-0.2, 0) is 4.74 Å². The summed E-state index contributed by atoms with van der Waals surface area (Å²) in [5.74, 6) is 0.682. The van der Waals surface area contributed by atoms with E-state index in [1.165, 1.54) is 19.3 Å². The maximum absolute atomic E-state index is 6.01. The summed E-state index contributed by atoms with van der Waals surface area (Å²) in [6.45, 7) is 8.73. The van der Waals surface area contributed by atoms with E-state index in [4.69, 9.17) is 10.5 Å². The molecule has 0 aliphatic carbocycles. The van der Waals surface area contributed by atoms with Gasteiger partial charge in [-0.2, -0.15) is 0 Å². The molecule has 104 valence electrons. The van der Waals surface area contributed by atoms with Crippen LogP contribution in [0.5, 0.6) is 0 Å². The molecule has 18 heavy (non-hydrogen) atoms. The molecule has 0 radical (unpaired) electrons. The Kier molecular flexibility index (Phi) is 10.4. The third-order valence-electron chi connectivity index (χ3n) is 2.77. The van der Waals surface area contributed by atoms with E-state index in [9.17, 15) is 0 Å². The number of methoxy groups -OCH3 is 1. The van der Waals surface area contributed by atoms with Gasteiger partial charge in [0.2, 0.25) is 0 Å². The maximum atomic E-state index is 6.01. The first-order chi connectivity index (χ1) is 8.65. The summed E-state index contributed by atoms with van der Waals surface area (Å²) in [6.07, 6.45) is 10.6. The minimum atomic E-state index is 0.0372. The van der Waals surface area contributed by atoms with E-state index < -0.39 is 0 Å². The van der Waals surface area contributed by atoms with E-state index in [2.05, 4.69) is 18.8 Å². The van der Waals surface area contributed by atoms with E-state index in [0.717, 1.165) is 12.0 Å². The first-order valence-corrected chi connectivity index (χ1v) is 6.69. The molecule has 1 atom stereocenters. The van der Waals surface area contributed by atoms with E-state index in [-0.39, 0.29) is 6.17 Å². The van der Waals surface area contributed by atoms with Crippen LogP contribution in [0, 0.1) is 0 Å². The van der Waals surface area contributed by atoms with Crippen LogP contribution in [0.1, 0.15) is 39.5 Å². The minimum Gasteiger partial charge on any atom is -0.497 e. The van der Waals surface area contributed by atoms with Gasteiger partial charge in [-0.05, 0) is 13.3 Å². The molecular weight excluding hydrogens is 224 g/mol. The number of hydrogen-bond donors (Lipinski definition) is 2. The lowest BCUT2D eigenvalue weighted by atomic mass is 10.1.